The average Bonchev–Trinajstić information content (AvgIpc) is 2.80. The first-order chi connectivity index (χ1) is 8.72. The highest BCUT2D eigenvalue weighted by Crippen LogP contribution is 2.20. The van der Waals surface area contributed by atoms with E-state index in [9.17, 15) is 0 Å². The highest BCUT2D eigenvalue weighted by Gasteiger charge is 2.25. The van der Waals surface area contributed by atoms with Crippen LogP contribution in [0.1, 0.15) is 25.3 Å². The van der Waals surface area contributed by atoms with Crippen molar-refractivity contribution in [2.75, 3.05) is 19.7 Å². The Bertz CT molecular complexity index is 366. The molecule has 0 saturated carbocycles. The quantitative estimate of drug-likeness (QED) is 0.798. The zero-order chi connectivity index (χ0) is 13.0. The highest BCUT2D eigenvalue weighted by molar-refractivity contribution is 5.04. The van der Waals surface area contributed by atoms with Crippen molar-refractivity contribution >= 4 is 0 Å². The van der Waals surface area contributed by atoms with E-state index in [0.717, 1.165) is 32.5 Å². The van der Waals surface area contributed by atoms with Gasteiger partial charge in [0.1, 0.15) is 0 Å². The maximum absolute atomic E-state index is 8.86. The summed E-state index contributed by atoms with van der Waals surface area (Å²) in [6.07, 6.45) is 6.15. The monoisotopic (exact) mass is 252 g/mol. The summed E-state index contributed by atoms with van der Waals surface area (Å²) < 4.78 is 1.79. The van der Waals surface area contributed by atoms with Crippen molar-refractivity contribution in [3.8, 4) is 0 Å². The molecule has 2 heterocycles. The first-order valence-corrected chi connectivity index (χ1v) is 6.83. The number of hydrogen-bond donors (Lipinski definition) is 2. The van der Waals surface area contributed by atoms with Gasteiger partial charge in [-0.25, -0.2) is 0 Å². The van der Waals surface area contributed by atoms with Crippen LogP contribution in [0.15, 0.2) is 12.4 Å². The lowest BCUT2D eigenvalue weighted by Crippen LogP contribution is -2.46. The maximum Gasteiger partial charge on any atom is 0.0640 e. The third-order valence-corrected chi connectivity index (χ3v) is 3.82. The molecule has 1 fully saturated rings. The lowest BCUT2D eigenvalue weighted by Gasteiger charge is -2.36. The summed E-state index contributed by atoms with van der Waals surface area (Å²) in [5.41, 5.74) is 7.33. The van der Waals surface area contributed by atoms with Gasteiger partial charge in [0.15, 0.2) is 0 Å². The van der Waals surface area contributed by atoms with Gasteiger partial charge in [-0.1, -0.05) is 13.3 Å². The predicted molar refractivity (Wildman–Crippen MR) is 71.0 cm³/mol. The third-order valence-electron chi connectivity index (χ3n) is 3.82. The van der Waals surface area contributed by atoms with E-state index in [4.69, 9.17) is 10.8 Å². The topological polar surface area (TPSA) is 67.3 Å². The Morgan fingerprint density at radius 2 is 2.39 bits per heavy atom. The number of likely N-dealkylation sites (tertiary alicyclic amines) is 1. The summed E-state index contributed by atoms with van der Waals surface area (Å²) in [6.45, 7) is 6.02. The van der Waals surface area contributed by atoms with Crippen LogP contribution in [0, 0.1) is 5.92 Å². The summed E-state index contributed by atoms with van der Waals surface area (Å²) >= 11 is 0. The Morgan fingerprint density at radius 1 is 1.56 bits per heavy atom. The van der Waals surface area contributed by atoms with Crippen LogP contribution in [-0.2, 0) is 13.1 Å². The molecule has 0 spiro atoms. The zero-order valence-electron chi connectivity index (χ0n) is 11.1. The molecule has 0 bridgehead atoms. The summed E-state index contributed by atoms with van der Waals surface area (Å²) in [6, 6.07) is 0.364. The molecule has 1 saturated heterocycles. The standard InChI is InChI=1S/C13H24N4O/c1-2-12-10-16(4-3-13(12)14)8-11-7-15-17(9-11)5-6-18/h7,9,12-13,18H,2-6,8,10,14H2,1H3. The minimum Gasteiger partial charge on any atom is -0.394 e. The fraction of sp³-hybridized carbons (Fsp3) is 0.769. The van der Waals surface area contributed by atoms with Gasteiger partial charge in [0.25, 0.3) is 0 Å². The number of nitrogens with two attached hydrogens (primary N) is 1. The normalized spacial score (nSPS) is 25.5. The van der Waals surface area contributed by atoms with Crippen LogP contribution in [0.4, 0.5) is 0 Å². The van der Waals surface area contributed by atoms with Gasteiger partial charge >= 0.3 is 0 Å². The molecule has 1 aliphatic rings. The van der Waals surface area contributed by atoms with Crippen molar-refractivity contribution < 1.29 is 5.11 Å². The third kappa shape index (κ3) is 3.31. The van der Waals surface area contributed by atoms with Crippen LogP contribution < -0.4 is 5.73 Å². The molecule has 2 rings (SSSR count). The van der Waals surface area contributed by atoms with Crippen molar-refractivity contribution in [3.05, 3.63) is 18.0 Å². The number of rotatable bonds is 5. The fourth-order valence-electron chi connectivity index (χ4n) is 2.67. The summed E-state index contributed by atoms with van der Waals surface area (Å²) in [7, 11) is 0. The highest BCUT2D eigenvalue weighted by atomic mass is 16.3. The van der Waals surface area contributed by atoms with Gasteiger partial charge in [-0.2, -0.15) is 5.10 Å². The van der Waals surface area contributed by atoms with E-state index in [1.807, 2.05) is 12.4 Å². The molecule has 3 N–H and O–H groups in total. The van der Waals surface area contributed by atoms with Crippen LogP contribution in [0.3, 0.4) is 0 Å². The number of aliphatic hydroxyl groups excluding tert-OH is 1. The molecule has 5 nitrogen and oxygen atoms in total. The van der Waals surface area contributed by atoms with Crippen LogP contribution in [0.25, 0.3) is 0 Å². The maximum atomic E-state index is 8.86. The summed E-state index contributed by atoms with van der Waals surface area (Å²) in [4.78, 5) is 2.46. The Kier molecular flexibility index (Phi) is 4.74. The van der Waals surface area contributed by atoms with E-state index in [2.05, 4.69) is 16.9 Å². The van der Waals surface area contributed by atoms with Crippen LogP contribution in [0.2, 0.25) is 0 Å². The van der Waals surface area contributed by atoms with E-state index in [1.165, 1.54) is 5.56 Å². The van der Waals surface area contributed by atoms with E-state index in [-0.39, 0.29) is 6.61 Å². The number of piperidine rings is 1. The molecule has 0 aromatic carbocycles. The number of hydrogen-bond acceptors (Lipinski definition) is 4. The second-order valence-corrected chi connectivity index (χ2v) is 5.19. The molecule has 102 valence electrons. The van der Waals surface area contributed by atoms with Gasteiger partial charge in [-0.15, -0.1) is 0 Å². The van der Waals surface area contributed by atoms with Crippen molar-refractivity contribution in [2.45, 2.75) is 38.9 Å². The second-order valence-electron chi connectivity index (χ2n) is 5.19. The second kappa shape index (κ2) is 6.31. The minimum absolute atomic E-state index is 0.137. The molecule has 5 heteroatoms. The van der Waals surface area contributed by atoms with Gasteiger partial charge in [-0.05, 0) is 18.9 Å². The van der Waals surface area contributed by atoms with E-state index in [1.54, 1.807) is 4.68 Å². The number of nitrogens with zero attached hydrogens (tertiary/aromatic N) is 3. The minimum atomic E-state index is 0.137. The van der Waals surface area contributed by atoms with Gasteiger partial charge in [0.05, 0.1) is 19.3 Å². The Hall–Kier alpha value is -0.910. The molecule has 0 amide bonds. The largest absolute Gasteiger partial charge is 0.394 e. The summed E-state index contributed by atoms with van der Waals surface area (Å²) in [5.74, 6) is 0.617. The number of aliphatic hydroxyl groups is 1. The first kappa shape index (κ1) is 13.5. The van der Waals surface area contributed by atoms with Crippen molar-refractivity contribution in [3.63, 3.8) is 0 Å². The van der Waals surface area contributed by atoms with E-state index < -0.39 is 0 Å². The molecular formula is C13H24N4O. The molecule has 1 aromatic heterocycles. The molecule has 1 aromatic rings. The first-order valence-electron chi connectivity index (χ1n) is 6.83. The Labute approximate surface area is 109 Å². The molecular weight excluding hydrogens is 228 g/mol. The Balaban J connectivity index is 1.88. The smallest absolute Gasteiger partial charge is 0.0640 e. The molecule has 18 heavy (non-hydrogen) atoms. The molecule has 0 aliphatic carbocycles. The van der Waals surface area contributed by atoms with Crippen molar-refractivity contribution in [1.82, 2.24) is 14.7 Å². The fourth-order valence-corrected chi connectivity index (χ4v) is 2.67. The van der Waals surface area contributed by atoms with Crippen LogP contribution in [-0.4, -0.2) is 45.5 Å². The lowest BCUT2D eigenvalue weighted by atomic mass is 9.90. The van der Waals surface area contributed by atoms with Gasteiger partial charge in [-0.3, -0.25) is 9.58 Å². The number of aromatic nitrogens is 2. The van der Waals surface area contributed by atoms with Crippen molar-refractivity contribution in [1.29, 1.82) is 0 Å². The van der Waals surface area contributed by atoms with Crippen LogP contribution >= 0.6 is 0 Å². The van der Waals surface area contributed by atoms with Crippen molar-refractivity contribution in [2.24, 2.45) is 11.7 Å². The van der Waals surface area contributed by atoms with Gasteiger partial charge in [0, 0.05) is 30.9 Å². The Morgan fingerprint density at radius 3 is 3.11 bits per heavy atom. The molecule has 1 aliphatic heterocycles. The zero-order valence-corrected chi connectivity index (χ0v) is 11.1. The predicted octanol–water partition coefficient (Wildman–Crippen LogP) is 0.435. The molecule has 0 radical (unpaired) electrons. The van der Waals surface area contributed by atoms with Crippen LogP contribution in [0.5, 0.6) is 0 Å². The van der Waals surface area contributed by atoms with Gasteiger partial charge < -0.3 is 10.8 Å². The SMILES string of the molecule is CCC1CN(Cc2cnn(CCO)c2)CCC1N. The summed E-state index contributed by atoms with van der Waals surface area (Å²) in [5, 5.41) is 13.1. The average molecular weight is 252 g/mol. The molecule has 2 atom stereocenters. The van der Waals surface area contributed by atoms with E-state index in [0.29, 0.717) is 18.5 Å². The van der Waals surface area contributed by atoms with Gasteiger partial charge in [0.2, 0.25) is 0 Å². The lowest BCUT2D eigenvalue weighted by molar-refractivity contribution is 0.145. The molecule has 2 unspecified atom stereocenters. The van der Waals surface area contributed by atoms with E-state index >= 15 is 0 Å².